The number of rotatable bonds is 10. The van der Waals surface area contributed by atoms with Crippen molar-refractivity contribution in [3.05, 3.63) is 48.3 Å². The van der Waals surface area contributed by atoms with Gasteiger partial charge in [0.25, 0.3) is 0 Å². The lowest BCUT2D eigenvalue weighted by atomic mass is 10.1. The summed E-state index contributed by atoms with van der Waals surface area (Å²) in [6.07, 6.45) is 2.16. The molecule has 0 bridgehead atoms. The highest BCUT2D eigenvalue weighted by molar-refractivity contribution is 7.98. The molecule has 0 fully saturated rings. The summed E-state index contributed by atoms with van der Waals surface area (Å²) in [5.41, 5.74) is 2.57. The summed E-state index contributed by atoms with van der Waals surface area (Å²) in [6.45, 7) is 6.80. The van der Waals surface area contributed by atoms with Crippen molar-refractivity contribution in [2.24, 2.45) is 7.05 Å². The number of ether oxygens (including phenoxy) is 3. The number of fused-ring (bicyclic) bond motifs is 1. The van der Waals surface area contributed by atoms with Crippen molar-refractivity contribution in [2.75, 3.05) is 13.9 Å². The van der Waals surface area contributed by atoms with E-state index in [1.54, 1.807) is 25.2 Å². The van der Waals surface area contributed by atoms with Crippen molar-refractivity contribution in [2.45, 2.75) is 42.8 Å². The number of esters is 1. The van der Waals surface area contributed by atoms with Gasteiger partial charge in [0.1, 0.15) is 0 Å². The van der Waals surface area contributed by atoms with Gasteiger partial charge in [-0.25, -0.2) is 4.98 Å². The van der Waals surface area contributed by atoms with Gasteiger partial charge in [-0.15, -0.1) is 11.8 Å². The van der Waals surface area contributed by atoms with Crippen LogP contribution in [0.25, 0.3) is 11.0 Å². The summed E-state index contributed by atoms with van der Waals surface area (Å²) in [5, 5.41) is 0. The molecule has 31 heavy (non-hydrogen) atoms. The monoisotopic (exact) mass is 458 g/mol. The second kappa shape index (κ2) is 10.3. The summed E-state index contributed by atoms with van der Waals surface area (Å²) in [7, 11) is 2.14. The normalized spacial score (nSPS) is 11.6. The molecule has 0 unspecified atom stereocenters. The van der Waals surface area contributed by atoms with Crippen molar-refractivity contribution in [3.8, 4) is 11.5 Å². The molecule has 0 radical (unpaired) electrons. The van der Waals surface area contributed by atoms with Crippen LogP contribution in [-0.4, -0.2) is 37.5 Å². The Kier molecular flexibility index (Phi) is 7.80. The lowest BCUT2D eigenvalue weighted by Gasteiger charge is -2.18. The van der Waals surface area contributed by atoms with Crippen molar-refractivity contribution >= 4 is 36.8 Å². The first-order valence-electron chi connectivity index (χ1n) is 10.3. The molecule has 166 valence electrons. The van der Waals surface area contributed by atoms with E-state index in [0.717, 1.165) is 27.5 Å². The van der Waals surface area contributed by atoms with Crippen LogP contribution in [0.2, 0.25) is 25.7 Å². The number of benzene rings is 2. The predicted octanol–water partition coefficient (Wildman–Crippen LogP) is 5.48. The molecule has 6 nitrogen and oxygen atoms in total. The Labute approximate surface area is 188 Å². The molecule has 0 amide bonds. The topological polar surface area (TPSA) is 62.6 Å². The molecule has 3 aromatic rings. The summed E-state index contributed by atoms with van der Waals surface area (Å²) in [4.78, 5) is 18.4. The minimum atomic E-state index is -1.36. The highest BCUT2D eigenvalue weighted by atomic mass is 32.2. The SMILES string of the molecule is COCOc1cc2c(ncn2C)c(CSc2ccccc2)c1OC(=O)CC[Si](C)(C)C. The van der Waals surface area contributed by atoms with Crippen LogP contribution >= 0.6 is 11.8 Å². The molecule has 0 spiro atoms. The number of carbonyl (C=O) groups is 1. The smallest absolute Gasteiger partial charge is 0.311 e. The molecule has 3 rings (SSSR count). The van der Waals surface area contributed by atoms with E-state index in [1.165, 1.54) is 0 Å². The molecule has 0 saturated carbocycles. The van der Waals surface area contributed by atoms with Crippen LogP contribution in [0.1, 0.15) is 12.0 Å². The minimum absolute atomic E-state index is 0.0636. The maximum absolute atomic E-state index is 12.7. The van der Waals surface area contributed by atoms with Gasteiger partial charge in [0.05, 0.1) is 17.4 Å². The number of thioether (sulfide) groups is 1. The number of carbonyl (C=O) groups excluding carboxylic acids is 1. The maximum Gasteiger partial charge on any atom is 0.311 e. The standard InChI is InChI=1S/C23H30N2O4SSi/c1-25-15-24-22-18(14-30-17-9-7-6-8-10-17)23(20(13-19(22)25)28-16-27-2)29-21(26)11-12-31(3,4)5/h6-10,13,15H,11-12,14,16H2,1-5H3. The number of methoxy groups -OCH3 is 1. The second-order valence-electron chi connectivity index (χ2n) is 8.59. The van der Waals surface area contributed by atoms with Gasteiger partial charge in [0.15, 0.2) is 18.3 Å². The number of hydrogen-bond acceptors (Lipinski definition) is 6. The lowest BCUT2D eigenvalue weighted by molar-refractivity contribution is -0.134. The molecular formula is C23H30N2O4SSi. The van der Waals surface area contributed by atoms with Crippen molar-refractivity contribution in [3.63, 3.8) is 0 Å². The first-order valence-corrected chi connectivity index (χ1v) is 14.9. The fourth-order valence-electron chi connectivity index (χ4n) is 3.08. The molecule has 2 aromatic carbocycles. The molecule has 0 saturated heterocycles. The fourth-order valence-corrected chi connectivity index (χ4v) is 4.96. The predicted molar refractivity (Wildman–Crippen MR) is 128 cm³/mol. The van der Waals surface area contributed by atoms with Gasteiger partial charge < -0.3 is 18.8 Å². The molecule has 1 heterocycles. The Bertz CT molecular complexity index is 1030. The van der Waals surface area contributed by atoms with Gasteiger partial charge in [0.2, 0.25) is 0 Å². The Morgan fingerprint density at radius 1 is 1.19 bits per heavy atom. The number of aryl methyl sites for hydroxylation is 1. The van der Waals surface area contributed by atoms with Gasteiger partial charge in [-0.2, -0.15) is 0 Å². The van der Waals surface area contributed by atoms with Gasteiger partial charge in [0, 0.05) is 50.9 Å². The fraction of sp³-hybridized carbons (Fsp3) is 0.391. The minimum Gasteiger partial charge on any atom is -0.464 e. The van der Waals surface area contributed by atoms with Crippen LogP contribution in [0, 0.1) is 0 Å². The maximum atomic E-state index is 12.7. The number of imidazole rings is 1. The third-order valence-corrected chi connectivity index (χ3v) is 7.58. The van der Waals surface area contributed by atoms with Crippen LogP contribution in [0.15, 0.2) is 47.6 Å². The number of nitrogens with zero attached hydrogens (tertiary/aromatic N) is 2. The van der Waals surface area contributed by atoms with E-state index >= 15 is 0 Å². The molecule has 8 heteroatoms. The van der Waals surface area contributed by atoms with E-state index in [2.05, 4.69) is 36.8 Å². The lowest BCUT2D eigenvalue weighted by Crippen LogP contribution is -2.22. The molecule has 0 atom stereocenters. The van der Waals surface area contributed by atoms with Crippen molar-refractivity contribution in [1.82, 2.24) is 9.55 Å². The van der Waals surface area contributed by atoms with Gasteiger partial charge >= 0.3 is 5.97 Å². The van der Waals surface area contributed by atoms with Crippen LogP contribution in [0.4, 0.5) is 0 Å². The Morgan fingerprint density at radius 2 is 1.94 bits per heavy atom. The van der Waals surface area contributed by atoms with Crippen molar-refractivity contribution in [1.29, 1.82) is 0 Å². The second-order valence-corrected chi connectivity index (χ2v) is 15.3. The summed E-state index contributed by atoms with van der Waals surface area (Å²) in [6, 6.07) is 12.9. The van der Waals surface area contributed by atoms with E-state index in [-0.39, 0.29) is 12.8 Å². The van der Waals surface area contributed by atoms with Gasteiger partial charge in [-0.3, -0.25) is 4.79 Å². The first-order chi connectivity index (χ1) is 14.8. The largest absolute Gasteiger partial charge is 0.464 e. The zero-order valence-corrected chi connectivity index (χ0v) is 20.6. The number of hydrogen-bond donors (Lipinski definition) is 0. The summed E-state index contributed by atoms with van der Waals surface area (Å²) in [5.74, 6) is 1.28. The van der Waals surface area contributed by atoms with Crippen LogP contribution in [0.5, 0.6) is 11.5 Å². The zero-order chi connectivity index (χ0) is 22.4. The van der Waals surface area contributed by atoms with Crippen molar-refractivity contribution < 1.29 is 19.0 Å². The molecule has 0 aliphatic heterocycles. The highest BCUT2D eigenvalue weighted by Gasteiger charge is 2.23. The highest BCUT2D eigenvalue weighted by Crippen LogP contribution is 2.40. The average molecular weight is 459 g/mol. The summed E-state index contributed by atoms with van der Waals surface area (Å²) < 4.78 is 18.8. The third kappa shape index (κ3) is 6.35. The van der Waals surface area contributed by atoms with Gasteiger partial charge in [-0.05, 0) is 18.2 Å². The molecule has 0 N–H and O–H groups in total. The van der Waals surface area contributed by atoms with E-state index in [1.807, 2.05) is 35.9 Å². The number of aromatic nitrogens is 2. The van der Waals surface area contributed by atoms with Crippen LogP contribution in [0.3, 0.4) is 0 Å². The zero-order valence-electron chi connectivity index (χ0n) is 18.8. The van der Waals surface area contributed by atoms with E-state index in [0.29, 0.717) is 23.7 Å². The Balaban J connectivity index is 1.99. The average Bonchev–Trinajstić information content (AvgIpc) is 3.10. The Hall–Kier alpha value is -2.29. The third-order valence-electron chi connectivity index (χ3n) is 4.79. The van der Waals surface area contributed by atoms with Crippen LogP contribution in [-0.2, 0) is 22.3 Å². The molecule has 0 aliphatic carbocycles. The van der Waals surface area contributed by atoms with Crippen LogP contribution < -0.4 is 9.47 Å². The van der Waals surface area contributed by atoms with Gasteiger partial charge in [-0.1, -0.05) is 37.8 Å². The molecular weight excluding hydrogens is 428 g/mol. The molecule has 1 aromatic heterocycles. The van der Waals surface area contributed by atoms with E-state index < -0.39 is 8.07 Å². The Morgan fingerprint density at radius 3 is 2.61 bits per heavy atom. The summed E-state index contributed by atoms with van der Waals surface area (Å²) >= 11 is 1.67. The molecule has 0 aliphatic rings. The first kappa shape index (κ1) is 23.4. The quantitative estimate of drug-likeness (QED) is 0.132. The van der Waals surface area contributed by atoms with E-state index in [4.69, 9.17) is 14.2 Å². The van der Waals surface area contributed by atoms with E-state index in [9.17, 15) is 4.79 Å².